The van der Waals surface area contributed by atoms with Gasteiger partial charge in [-0.25, -0.2) is 4.79 Å². The van der Waals surface area contributed by atoms with Crippen LogP contribution in [0.4, 0.5) is 4.79 Å². The third-order valence-electron chi connectivity index (χ3n) is 3.50. The Hall–Kier alpha value is -0.810. The first kappa shape index (κ1) is 24.4. The molecule has 0 spiro atoms. The lowest BCUT2D eigenvalue weighted by Crippen LogP contribution is -2.48. The van der Waals surface area contributed by atoms with Crippen LogP contribution in [0.5, 0.6) is 0 Å². The van der Waals surface area contributed by atoms with Gasteiger partial charge in [-0.2, -0.15) is 0 Å². The zero-order valence-electron chi connectivity index (χ0n) is 16.9. The Morgan fingerprint density at radius 3 is 1.87 bits per heavy atom. The molecule has 5 nitrogen and oxygen atoms in total. The van der Waals surface area contributed by atoms with Crippen LogP contribution >= 0.6 is 0 Å². The minimum Gasteiger partial charge on any atom is -0.444 e. The summed E-state index contributed by atoms with van der Waals surface area (Å²) in [5.74, 6) is 0. The van der Waals surface area contributed by atoms with Gasteiger partial charge in [-0.15, -0.1) is 0 Å². The fourth-order valence-electron chi connectivity index (χ4n) is 1.66. The molecule has 0 fully saturated rings. The summed E-state index contributed by atoms with van der Waals surface area (Å²) >= 11 is 0. The van der Waals surface area contributed by atoms with Gasteiger partial charge in [0, 0.05) is 25.8 Å². The molecule has 1 amide bonds. The molecule has 0 heterocycles. The van der Waals surface area contributed by atoms with Crippen molar-refractivity contribution < 1.29 is 19.4 Å². The highest BCUT2D eigenvalue weighted by Gasteiger charge is 2.31. The maximum atomic E-state index is 12.1. The Morgan fingerprint density at radius 1 is 1.00 bits per heavy atom. The summed E-state index contributed by atoms with van der Waals surface area (Å²) in [7, 11) is 1.74. The second kappa shape index (κ2) is 10.1. The van der Waals surface area contributed by atoms with Gasteiger partial charge in [0.2, 0.25) is 0 Å². The number of aliphatic hydroxyl groups excluding tert-OH is 1. The van der Waals surface area contributed by atoms with Crippen molar-refractivity contribution in [2.75, 3.05) is 20.3 Å². The van der Waals surface area contributed by atoms with Crippen molar-refractivity contribution in [3.05, 3.63) is 0 Å². The highest BCUT2D eigenvalue weighted by atomic mass is 16.6. The van der Waals surface area contributed by atoms with E-state index in [2.05, 4.69) is 0 Å². The van der Waals surface area contributed by atoms with E-state index in [0.29, 0.717) is 19.4 Å². The van der Waals surface area contributed by atoms with Gasteiger partial charge >= 0.3 is 6.09 Å². The lowest BCUT2D eigenvalue weighted by atomic mass is 9.99. The highest BCUT2D eigenvalue weighted by Crippen LogP contribution is 2.22. The molecule has 0 aliphatic carbocycles. The van der Waals surface area contributed by atoms with Crippen LogP contribution in [0.15, 0.2) is 0 Å². The number of rotatable bonds is 7. The van der Waals surface area contributed by atoms with E-state index in [0.717, 1.165) is 0 Å². The Labute approximate surface area is 143 Å². The van der Waals surface area contributed by atoms with Crippen LogP contribution in [0.1, 0.15) is 75.2 Å². The maximum Gasteiger partial charge on any atom is 0.410 e. The molecule has 0 rings (SSSR count). The van der Waals surface area contributed by atoms with Crippen LogP contribution in [0.3, 0.4) is 0 Å². The molecule has 0 unspecified atom stereocenters. The summed E-state index contributed by atoms with van der Waals surface area (Å²) in [6.45, 7) is 18.1. The molecule has 1 N–H and O–H groups in total. The third-order valence-corrected chi connectivity index (χ3v) is 3.50. The lowest BCUT2D eigenvalue weighted by Gasteiger charge is -2.37. The van der Waals surface area contributed by atoms with Gasteiger partial charge in [0.05, 0.1) is 5.60 Å². The number of amides is 1. The standard InChI is InChI=1S/C16H33NO4.C2H6/c1-14(2,3)21-13(19)17(8)15(4,5)10-12-20-16(6,7)9-11-18;1-2/h18H,9-12H2,1-8H3;1-2H3. The molecule has 0 saturated heterocycles. The summed E-state index contributed by atoms with van der Waals surface area (Å²) in [4.78, 5) is 13.7. The van der Waals surface area contributed by atoms with Crippen molar-refractivity contribution in [1.29, 1.82) is 0 Å². The molecule has 0 aliphatic rings. The summed E-state index contributed by atoms with van der Waals surface area (Å²) in [5.41, 5.74) is -1.21. The first-order valence-corrected chi connectivity index (χ1v) is 8.52. The van der Waals surface area contributed by atoms with E-state index in [1.54, 1.807) is 11.9 Å². The van der Waals surface area contributed by atoms with Gasteiger partial charge in [-0.05, 0) is 61.3 Å². The molecular weight excluding hydrogens is 294 g/mol. The number of nitrogens with zero attached hydrogens (tertiary/aromatic N) is 1. The van der Waals surface area contributed by atoms with E-state index < -0.39 is 5.60 Å². The number of carbonyl (C=O) groups is 1. The van der Waals surface area contributed by atoms with Crippen LogP contribution in [0.25, 0.3) is 0 Å². The van der Waals surface area contributed by atoms with Crippen LogP contribution in [0, 0.1) is 0 Å². The molecule has 0 bridgehead atoms. The highest BCUT2D eigenvalue weighted by molar-refractivity contribution is 5.68. The minimum absolute atomic E-state index is 0.105. The Kier molecular flexibility index (Phi) is 10.8. The topological polar surface area (TPSA) is 59.0 Å². The average Bonchev–Trinajstić information content (AvgIpc) is 2.37. The van der Waals surface area contributed by atoms with Crippen molar-refractivity contribution in [3.8, 4) is 0 Å². The van der Waals surface area contributed by atoms with Gasteiger partial charge < -0.3 is 19.5 Å². The van der Waals surface area contributed by atoms with E-state index in [1.165, 1.54) is 0 Å². The zero-order chi connectivity index (χ0) is 18.9. The fraction of sp³-hybridized carbons (Fsp3) is 0.944. The maximum absolute atomic E-state index is 12.1. The van der Waals surface area contributed by atoms with Crippen molar-refractivity contribution in [2.45, 2.75) is 91.9 Å². The number of carbonyl (C=O) groups excluding carboxylic acids is 1. The molecule has 23 heavy (non-hydrogen) atoms. The molecular formula is C18H39NO4. The normalized spacial score (nSPS) is 12.3. The first-order chi connectivity index (χ1) is 10.3. The summed E-state index contributed by atoms with van der Waals surface area (Å²) < 4.78 is 11.2. The molecule has 0 aliphatic heterocycles. The van der Waals surface area contributed by atoms with Crippen molar-refractivity contribution in [1.82, 2.24) is 4.90 Å². The average molecular weight is 334 g/mol. The van der Waals surface area contributed by atoms with Crippen molar-refractivity contribution in [2.24, 2.45) is 0 Å². The number of ether oxygens (including phenoxy) is 2. The predicted molar refractivity (Wildman–Crippen MR) is 95.8 cm³/mol. The Balaban J connectivity index is 0. The van der Waals surface area contributed by atoms with Gasteiger partial charge in [0.15, 0.2) is 0 Å². The molecule has 0 saturated carbocycles. The summed E-state index contributed by atoms with van der Waals surface area (Å²) in [6.07, 6.45) is 0.953. The molecule has 0 radical (unpaired) electrons. The van der Waals surface area contributed by atoms with E-state index >= 15 is 0 Å². The zero-order valence-corrected chi connectivity index (χ0v) is 16.9. The van der Waals surface area contributed by atoms with Gasteiger partial charge in [0.1, 0.15) is 5.60 Å². The molecule has 0 aromatic carbocycles. The van der Waals surface area contributed by atoms with Gasteiger partial charge in [-0.1, -0.05) is 13.8 Å². The van der Waals surface area contributed by atoms with E-state index in [4.69, 9.17) is 14.6 Å². The van der Waals surface area contributed by atoms with E-state index in [9.17, 15) is 4.79 Å². The van der Waals surface area contributed by atoms with Gasteiger partial charge in [-0.3, -0.25) is 0 Å². The van der Waals surface area contributed by atoms with Crippen molar-refractivity contribution in [3.63, 3.8) is 0 Å². The Bertz CT molecular complexity index is 332. The third kappa shape index (κ3) is 11.4. The van der Waals surface area contributed by atoms with Crippen LogP contribution < -0.4 is 0 Å². The Morgan fingerprint density at radius 2 is 1.48 bits per heavy atom. The second-order valence-electron chi connectivity index (χ2n) is 7.68. The monoisotopic (exact) mass is 333 g/mol. The number of aliphatic hydroxyl groups is 1. The van der Waals surface area contributed by atoms with Crippen LogP contribution in [0.2, 0.25) is 0 Å². The van der Waals surface area contributed by atoms with Crippen LogP contribution in [-0.2, 0) is 9.47 Å². The molecule has 140 valence electrons. The second-order valence-corrected chi connectivity index (χ2v) is 7.68. The molecule has 5 heteroatoms. The number of hydrogen-bond acceptors (Lipinski definition) is 4. The van der Waals surface area contributed by atoms with E-state index in [-0.39, 0.29) is 23.8 Å². The molecule has 0 aromatic heterocycles. The predicted octanol–water partition coefficient (Wildman–Crippen LogP) is 4.23. The summed E-state index contributed by atoms with van der Waals surface area (Å²) in [6, 6.07) is 0. The van der Waals surface area contributed by atoms with Gasteiger partial charge in [0.25, 0.3) is 0 Å². The lowest BCUT2D eigenvalue weighted by molar-refractivity contribution is -0.0480. The number of hydrogen-bond donors (Lipinski definition) is 1. The van der Waals surface area contributed by atoms with Crippen molar-refractivity contribution >= 4 is 6.09 Å². The smallest absolute Gasteiger partial charge is 0.410 e. The molecule has 0 atom stereocenters. The van der Waals surface area contributed by atoms with Crippen LogP contribution in [-0.4, -0.2) is 53.1 Å². The quantitative estimate of drug-likeness (QED) is 0.757. The van der Waals surface area contributed by atoms with E-state index in [1.807, 2.05) is 62.3 Å². The minimum atomic E-state index is -0.499. The molecule has 0 aromatic rings. The largest absolute Gasteiger partial charge is 0.444 e. The first-order valence-electron chi connectivity index (χ1n) is 8.52. The fourth-order valence-corrected chi connectivity index (χ4v) is 1.66. The summed E-state index contributed by atoms with van der Waals surface area (Å²) in [5, 5.41) is 8.98. The SMILES string of the molecule is CC.CN(C(=O)OC(C)(C)C)C(C)(C)CCOC(C)(C)CCO.